The van der Waals surface area contributed by atoms with Gasteiger partial charge in [0.25, 0.3) is 0 Å². The van der Waals surface area contributed by atoms with Crippen molar-refractivity contribution in [2.24, 2.45) is 0 Å². The van der Waals surface area contributed by atoms with Crippen molar-refractivity contribution >= 4 is 15.7 Å². The highest BCUT2D eigenvalue weighted by molar-refractivity contribution is 7.89. The Labute approximate surface area is 99.8 Å². The number of benzene rings is 1. The van der Waals surface area contributed by atoms with Gasteiger partial charge in [-0.25, -0.2) is 17.5 Å². The second kappa shape index (κ2) is 5.44. The maximum Gasteiger partial charge on any atom is 0.242 e. The zero-order chi connectivity index (χ0) is 13.1. The molecule has 1 atom stereocenters. The van der Waals surface area contributed by atoms with Crippen molar-refractivity contribution in [2.75, 3.05) is 19.5 Å². The Bertz CT molecular complexity index is 490. The number of ether oxygens (including phenoxy) is 1. The highest BCUT2D eigenvalue weighted by atomic mass is 32.2. The molecule has 1 rings (SSSR count). The Morgan fingerprint density at radius 1 is 1.53 bits per heavy atom. The molecule has 0 saturated heterocycles. The molecule has 0 heterocycles. The Balaban J connectivity index is 2.97. The highest BCUT2D eigenvalue weighted by Gasteiger charge is 2.20. The van der Waals surface area contributed by atoms with E-state index in [0.717, 1.165) is 18.2 Å². The van der Waals surface area contributed by atoms with Crippen molar-refractivity contribution in [3.8, 4) is 0 Å². The molecule has 1 aromatic rings. The van der Waals surface area contributed by atoms with Gasteiger partial charge in [0.2, 0.25) is 10.0 Å². The number of methoxy groups -OCH3 is 1. The molecule has 0 aliphatic carbocycles. The predicted octanol–water partition coefficient (Wildman–Crippen LogP) is 0.721. The number of halogens is 1. The molecule has 96 valence electrons. The van der Waals surface area contributed by atoms with Crippen LogP contribution in [0.25, 0.3) is 0 Å². The summed E-state index contributed by atoms with van der Waals surface area (Å²) < 4.78 is 43.8. The number of rotatable bonds is 5. The van der Waals surface area contributed by atoms with Crippen LogP contribution in [0.3, 0.4) is 0 Å². The maximum absolute atomic E-state index is 12.8. The summed E-state index contributed by atoms with van der Waals surface area (Å²) in [5.41, 5.74) is 5.34. The molecule has 0 saturated carbocycles. The van der Waals surface area contributed by atoms with Gasteiger partial charge in [-0.15, -0.1) is 0 Å². The third kappa shape index (κ3) is 3.65. The van der Waals surface area contributed by atoms with Gasteiger partial charge < -0.3 is 10.5 Å². The lowest BCUT2D eigenvalue weighted by Gasteiger charge is -2.14. The molecule has 0 aromatic heterocycles. The molecular weight excluding hydrogens is 247 g/mol. The van der Waals surface area contributed by atoms with Crippen LogP contribution in [0.2, 0.25) is 0 Å². The van der Waals surface area contributed by atoms with Gasteiger partial charge in [-0.3, -0.25) is 0 Å². The Morgan fingerprint density at radius 2 is 2.18 bits per heavy atom. The zero-order valence-electron chi connectivity index (χ0n) is 9.60. The Morgan fingerprint density at radius 3 is 2.71 bits per heavy atom. The maximum atomic E-state index is 12.8. The molecule has 1 aromatic carbocycles. The van der Waals surface area contributed by atoms with Gasteiger partial charge in [0.15, 0.2) is 0 Å². The van der Waals surface area contributed by atoms with E-state index in [4.69, 9.17) is 10.5 Å². The smallest absolute Gasteiger partial charge is 0.242 e. The second-order valence-corrected chi connectivity index (χ2v) is 5.34. The van der Waals surface area contributed by atoms with E-state index in [1.54, 1.807) is 6.92 Å². The number of nitrogen functional groups attached to an aromatic ring is 1. The van der Waals surface area contributed by atoms with E-state index in [1.807, 2.05) is 0 Å². The summed E-state index contributed by atoms with van der Waals surface area (Å²) in [4.78, 5) is -0.137. The molecular formula is C10H15FN2O3S. The minimum Gasteiger partial charge on any atom is -0.398 e. The van der Waals surface area contributed by atoms with Crippen LogP contribution in [0.1, 0.15) is 6.92 Å². The quantitative estimate of drug-likeness (QED) is 0.766. The number of hydrogen-bond acceptors (Lipinski definition) is 4. The summed E-state index contributed by atoms with van der Waals surface area (Å²) in [7, 11) is -2.28. The molecule has 1 unspecified atom stereocenters. The van der Waals surface area contributed by atoms with Gasteiger partial charge in [0, 0.05) is 13.2 Å². The molecule has 0 bridgehead atoms. The number of sulfonamides is 1. The summed E-state index contributed by atoms with van der Waals surface area (Å²) in [6.07, 6.45) is 0. The lowest BCUT2D eigenvalue weighted by molar-refractivity contribution is 0.180. The topological polar surface area (TPSA) is 81.4 Å². The van der Waals surface area contributed by atoms with Crippen LogP contribution in [0, 0.1) is 5.82 Å². The monoisotopic (exact) mass is 262 g/mol. The van der Waals surface area contributed by atoms with Crippen molar-refractivity contribution in [1.29, 1.82) is 0 Å². The standard InChI is InChI=1S/C10H15FN2O3S/c1-7(6-16-2)13-17(14,15)10-4-3-8(11)5-9(10)12/h3-5,7,13H,6,12H2,1-2H3. The van der Waals surface area contributed by atoms with Crippen molar-refractivity contribution in [3.05, 3.63) is 24.0 Å². The van der Waals surface area contributed by atoms with Gasteiger partial charge in [-0.05, 0) is 25.1 Å². The SMILES string of the molecule is COCC(C)NS(=O)(=O)c1ccc(F)cc1N. The first-order valence-corrected chi connectivity index (χ1v) is 6.41. The van der Waals surface area contributed by atoms with Crippen LogP contribution in [0.5, 0.6) is 0 Å². The fraction of sp³-hybridized carbons (Fsp3) is 0.400. The molecule has 0 aliphatic rings. The first-order chi connectivity index (χ1) is 7.86. The number of nitrogens with one attached hydrogen (secondary N) is 1. The van der Waals surface area contributed by atoms with E-state index in [0.29, 0.717) is 0 Å². The first kappa shape index (κ1) is 13.9. The Hall–Kier alpha value is -1.18. The van der Waals surface area contributed by atoms with Crippen LogP contribution in [-0.4, -0.2) is 28.2 Å². The number of nitrogens with two attached hydrogens (primary N) is 1. The van der Waals surface area contributed by atoms with E-state index in [-0.39, 0.29) is 17.2 Å². The number of hydrogen-bond donors (Lipinski definition) is 2. The fourth-order valence-corrected chi connectivity index (χ4v) is 2.72. The van der Waals surface area contributed by atoms with Crippen molar-refractivity contribution in [3.63, 3.8) is 0 Å². The van der Waals surface area contributed by atoms with E-state index >= 15 is 0 Å². The summed E-state index contributed by atoms with van der Waals surface area (Å²) >= 11 is 0. The first-order valence-electron chi connectivity index (χ1n) is 4.93. The average molecular weight is 262 g/mol. The van der Waals surface area contributed by atoms with Gasteiger partial charge in [0.05, 0.1) is 12.3 Å². The molecule has 0 amide bonds. The van der Waals surface area contributed by atoms with Gasteiger partial charge in [0.1, 0.15) is 10.7 Å². The molecule has 5 nitrogen and oxygen atoms in total. The zero-order valence-corrected chi connectivity index (χ0v) is 10.4. The Kier molecular flexibility index (Phi) is 4.44. The van der Waals surface area contributed by atoms with Crippen LogP contribution >= 0.6 is 0 Å². The van der Waals surface area contributed by atoms with Gasteiger partial charge in [-0.1, -0.05) is 0 Å². The van der Waals surface area contributed by atoms with Crippen molar-refractivity contribution in [2.45, 2.75) is 17.9 Å². The normalized spacial score (nSPS) is 13.6. The largest absolute Gasteiger partial charge is 0.398 e. The third-order valence-corrected chi connectivity index (χ3v) is 3.70. The molecule has 0 fully saturated rings. The molecule has 17 heavy (non-hydrogen) atoms. The lowest BCUT2D eigenvalue weighted by atomic mass is 10.3. The van der Waals surface area contributed by atoms with Gasteiger partial charge >= 0.3 is 0 Å². The average Bonchev–Trinajstić information content (AvgIpc) is 2.15. The van der Waals surface area contributed by atoms with E-state index in [1.165, 1.54) is 7.11 Å². The van der Waals surface area contributed by atoms with Gasteiger partial charge in [-0.2, -0.15) is 0 Å². The molecule has 7 heteroatoms. The van der Waals surface area contributed by atoms with E-state index in [9.17, 15) is 12.8 Å². The summed E-state index contributed by atoms with van der Waals surface area (Å²) in [6, 6.07) is 2.75. The minimum absolute atomic E-state index is 0.123. The molecule has 0 spiro atoms. The predicted molar refractivity (Wildman–Crippen MR) is 62.5 cm³/mol. The van der Waals surface area contributed by atoms with Crippen LogP contribution in [0.4, 0.5) is 10.1 Å². The van der Waals surface area contributed by atoms with Crippen LogP contribution in [0.15, 0.2) is 23.1 Å². The van der Waals surface area contributed by atoms with Crippen LogP contribution in [-0.2, 0) is 14.8 Å². The summed E-state index contributed by atoms with van der Waals surface area (Å²) in [6.45, 7) is 1.89. The molecule has 3 N–H and O–H groups in total. The van der Waals surface area contributed by atoms with E-state index in [2.05, 4.69) is 4.72 Å². The molecule has 0 aliphatic heterocycles. The third-order valence-electron chi connectivity index (χ3n) is 2.03. The summed E-state index contributed by atoms with van der Waals surface area (Å²) in [5, 5.41) is 0. The number of anilines is 1. The minimum atomic E-state index is -3.75. The lowest BCUT2D eigenvalue weighted by Crippen LogP contribution is -2.35. The van der Waals surface area contributed by atoms with E-state index < -0.39 is 21.9 Å². The second-order valence-electron chi connectivity index (χ2n) is 3.66. The van der Waals surface area contributed by atoms with Crippen LogP contribution < -0.4 is 10.5 Å². The van der Waals surface area contributed by atoms with Crippen molar-refractivity contribution < 1.29 is 17.5 Å². The van der Waals surface area contributed by atoms with Crippen molar-refractivity contribution in [1.82, 2.24) is 4.72 Å². The highest BCUT2D eigenvalue weighted by Crippen LogP contribution is 2.19. The fourth-order valence-electron chi connectivity index (χ4n) is 1.38. The molecule has 0 radical (unpaired) electrons. The summed E-state index contributed by atoms with van der Waals surface area (Å²) in [5.74, 6) is -0.577.